The van der Waals surface area contributed by atoms with Crippen LogP contribution >= 0.6 is 0 Å². The maximum Gasteiger partial charge on any atom is 0.379 e. The number of fused-ring (bicyclic) bond motifs is 1. The van der Waals surface area contributed by atoms with Crippen molar-refractivity contribution in [3.8, 4) is 5.75 Å². The van der Waals surface area contributed by atoms with Crippen molar-refractivity contribution in [2.75, 3.05) is 13.7 Å². The molecular formula is C13H12O5. The van der Waals surface area contributed by atoms with Gasteiger partial charge in [0.25, 0.3) is 5.78 Å². The van der Waals surface area contributed by atoms with E-state index in [9.17, 15) is 9.59 Å². The normalized spacial score (nSPS) is 10.3. The second kappa shape index (κ2) is 4.91. The maximum absolute atomic E-state index is 11.9. The van der Waals surface area contributed by atoms with Crippen LogP contribution in [0.5, 0.6) is 5.75 Å². The molecule has 1 aromatic heterocycles. The van der Waals surface area contributed by atoms with Crippen molar-refractivity contribution < 1.29 is 23.5 Å². The van der Waals surface area contributed by atoms with Gasteiger partial charge in [-0.25, -0.2) is 4.79 Å². The molecule has 0 bridgehead atoms. The summed E-state index contributed by atoms with van der Waals surface area (Å²) in [7, 11) is 1.52. The van der Waals surface area contributed by atoms with Crippen LogP contribution in [0.3, 0.4) is 0 Å². The highest BCUT2D eigenvalue weighted by molar-refractivity contribution is 6.42. The van der Waals surface area contributed by atoms with Gasteiger partial charge in [0.1, 0.15) is 11.3 Å². The van der Waals surface area contributed by atoms with Crippen LogP contribution in [0.4, 0.5) is 0 Å². The smallest absolute Gasteiger partial charge is 0.379 e. The van der Waals surface area contributed by atoms with Crippen LogP contribution < -0.4 is 4.74 Å². The molecule has 0 saturated carbocycles. The van der Waals surface area contributed by atoms with Gasteiger partial charge in [0.15, 0.2) is 0 Å². The predicted molar refractivity (Wildman–Crippen MR) is 63.7 cm³/mol. The van der Waals surface area contributed by atoms with Crippen molar-refractivity contribution in [2.24, 2.45) is 0 Å². The molecule has 0 fully saturated rings. The fourth-order valence-electron chi connectivity index (χ4n) is 1.70. The number of rotatable bonds is 4. The number of esters is 1. The number of hydrogen-bond donors (Lipinski definition) is 0. The van der Waals surface area contributed by atoms with Crippen molar-refractivity contribution >= 4 is 22.7 Å². The van der Waals surface area contributed by atoms with E-state index >= 15 is 0 Å². The number of benzene rings is 1. The van der Waals surface area contributed by atoms with Gasteiger partial charge in [-0.2, -0.15) is 0 Å². The quantitative estimate of drug-likeness (QED) is 0.471. The third-order valence-electron chi connectivity index (χ3n) is 2.50. The molecule has 0 atom stereocenters. The first-order valence-electron chi connectivity index (χ1n) is 5.44. The number of hydrogen-bond acceptors (Lipinski definition) is 5. The Morgan fingerprint density at radius 1 is 1.28 bits per heavy atom. The number of carbonyl (C=O) groups is 2. The summed E-state index contributed by atoms with van der Waals surface area (Å²) >= 11 is 0. The van der Waals surface area contributed by atoms with E-state index in [0.29, 0.717) is 16.7 Å². The van der Waals surface area contributed by atoms with Gasteiger partial charge >= 0.3 is 5.97 Å². The van der Waals surface area contributed by atoms with Crippen LogP contribution in [-0.4, -0.2) is 25.5 Å². The molecule has 1 heterocycles. The highest BCUT2D eigenvalue weighted by Gasteiger charge is 2.22. The third kappa shape index (κ3) is 1.95. The molecule has 0 aliphatic rings. The predicted octanol–water partition coefficient (Wildman–Crippen LogP) is 2.19. The van der Waals surface area contributed by atoms with E-state index in [1.807, 2.05) is 0 Å². The van der Waals surface area contributed by atoms with E-state index in [2.05, 4.69) is 4.74 Å². The van der Waals surface area contributed by atoms with Gasteiger partial charge in [-0.3, -0.25) is 4.79 Å². The average Bonchev–Trinajstić information content (AvgIpc) is 2.86. The summed E-state index contributed by atoms with van der Waals surface area (Å²) in [4.78, 5) is 23.3. The number of methoxy groups -OCH3 is 1. The number of ketones is 1. The molecule has 0 amide bonds. The fraction of sp³-hybridized carbons (Fsp3) is 0.231. The Balaban J connectivity index is 2.49. The van der Waals surface area contributed by atoms with Crippen LogP contribution in [0.2, 0.25) is 0 Å². The SMILES string of the molecule is CCOC(=O)C(=O)c1ccc(OC)c2ccoc12. The number of carbonyl (C=O) groups excluding carboxylic acids is 2. The Morgan fingerprint density at radius 2 is 2.06 bits per heavy atom. The number of Topliss-reactive ketones (excluding diaryl/α,β-unsaturated/α-hetero) is 1. The lowest BCUT2D eigenvalue weighted by atomic mass is 10.1. The first-order chi connectivity index (χ1) is 8.69. The van der Waals surface area contributed by atoms with Gasteiger partial charge < -0.3 is 13.9 Å². The van der Waals surface area contributed by atoms with E-state index < -0.39 is 11.8 Å². The largest absolute Gasteiger partial charge is 0.496 e. The van der Waals surface area contributed by atoms with Crippen LogP contribution in [0.25, 0.3) is 11.0 Å². The molecule has 2 rings (SSSR count). The monoisotopic (exact) mass is 248 g/mol. The lowest BCUT2D eigenvalue weighted by Crippen LogP contribution is -2.17. The van der Waals surface area contributed by atoms with Crippen LogP contribution in [-0.2, 0) is 9.53 Å². The standard InChI is InChI=1S/C13H12O5/c1-3-17-13(15)11(14)9-4-5-10(16-2)8-6-7-18-12(8)9/h4-7H,3H2,1-2H3. The van der Waals surface area contributed by atoms with Gasteiger partial charge in [0.2, 0.25) is 0 Å². The van der Waals surface area contributed by atoms with Gasteiger partial charge in [0.05, 0.1) is 30.9 Å². The molecule has 18 heavy (non-hydrogen) atoms. The van der Waals surface area contributed by atoms with E-state index in [4.69, 9.17) is 9.15 Å². The first-order valence-corrected chi connectivity index (χ1v) is 5.44. The summed E-state index contributed by atoms with van der Waals surface area (Å²) in [5.41, 5.74) is 0.502. The lowest BCUT2D eigenvalue weighted by Gasteiger charge is -2.05. The zero-order valence-corrected chi connectivity index (χ0v) is 10.1. The molecule has 2 aromatic rings. The van der Waals surface area contributed by atoms with Crippen molar-refractivity contribution in [1.82, 2.24) is 0 Å². The molecule has 0 saturated heterocycles. The Kier molecular flexibility index (Phi) is 3.32. The summed E-state index contributed by atoms with van der Waals surface area (Å²) in [5, 5.41) is 0.646. The van der Waals surface area contributed by atoms with Gasteiger partial charge in [-0.15, -0.1) is 0 Å². The molecule has 1 aromatic carbocycles. The Labute approximate surface area is 103 Å². The van der Waals surface area contributed by atoms with Crippen molar-refractivity contribution in [1.29, 1.82) is 0 Å². The topological polar surface area (TPSA) is 65.7 Å². The van der Waals surface area contributed by atoms with Crippen molar-refractivity contribution in [3.63, 3.8) is 0 Å². The molecule has 0 unspecified atom stereocenters. The van der Waals surface area contributed by atoms with Crippen LogP contribution in [0.1, 0.15) is 17.3 Å². The second-order valence-electron chi connectivity index (χ2n) is 3.53. The third-order valence-corrected chi connectivity index (χ3v) is 2.50. The molecular weight excluding hydrogens is 236 g/mol. The van der Waals surface area contributed by atoms with Crippen molar-refractivity contribution in [3.05, 3.63) is 30.0 Å². The minimum atomic E-state index is -0.889. The number of ether oxygens (including phenoxy) is 2. The van der Waals surface area contributed by atoms with Gasteiger partial charge in [-0.1, -0.05) is 0 Å². The summed E-state index contributed by atoms with van der Waals surface area (Å²) in [6, 6.07) is 4.78. The van der Waals surface area contributed by atoms with Crippen LogP contribution in [0.15, 0.2) is 28.9 Å². The van der Waals surface area contributed by atoms with E-state index in [-0.39, 0.29) is 12.2 Å². The Hall–Kier alpha value is -2.30. The molecule has 0 N–H and O–H groups in total. The molecule has 0 spiro atoms. The Bertz CT molecular complexity index is 596. The fourth-order valence-corrected chi connectivity index (χ4v) is 1.70. The highest BCUT2D eigenvalue weighted by atomic mass is 16.5. The lowest BCUT2D eigenvalue weighted by molar-refractivity contribution is -0.137. The van der Waals surface area contributed by atoms with Gasteiger partial charge in [-0.05, 0) is 25.1 Å². The van der Waals surface area contributed by atoms with Crippen molar-refractivity contribution in [2.45, 2.75) is 6.92 Å². The zero-order chi connectivity index (χ0) is 13.1. The van der Waals surface area contributed by atoms with E-state index in [1.54, 1.807) is 19.1 Å². The van der Waals surface area contributed by atoms with E-state index in [0.717, 1.165) is 0 Å². The molecule has 5 nitrogen and oxygen atoms in total. The maximum atomic E-state index is 11.9. The van der Waals surface area contributed by atoms with Gasteiger partial charge in [0, 0.05) is 0 Å². The molecule has 5 heteroatoms. The summed E-state index contributed by atoms with van der Waals surface area (Å²) in [5.74, 6) is -1.03. The molecule has 0 radical (unpaired) electrons. The summed E-state index contributed by atoms with van der Waals surface area (Å²) < 4.78 is 15.1. The summed E-state index contributed by atoms with van der Waals surface area (Å²) in [6.45, 7) is 1.80. The second-order valence-corrected chi connectivity index (χ2v) is 3.53. The molecule has 0 aliphatic carbocycles. The highest BCUT2D eigenvalue weighted by Crippen LogP contribution is 2.29. The summed E-state index contributed by atoms with van der Waals surface area (Å²) in [6.07, 6.45) is 1.44. The number of furan rings is 1. The zero-order valence-electron chi connectivity index (χ0n) is 10.1. The molecule has 0 aliphatic heterocycles. The molecule has 94 valence electrons. The Morgan fingerprint density at radius 3 is 2.72 bits per heavy atom. The average molecular weight is 248 g/mol. The van der Waals surface area contributed by atoms with E-state index in [1.165, 1.54) is 19.4 Å². The first kappa shape index (κ1) is 12.2. The minimum absolute atomic E-state index is 0.155. The minimum Gasteiger partial charge on any atom is -0.496 e. The van der Waals surface area contributed by atoms with Crippen LogP contribution in [0, 0.1) is 0 Å².